The normalized spacial score (nSPS) is 30.2. The van der Waals surface area contributed by atoms with Gasteiger partial charge in [-0.15, -0.1) is 11.8 Å². The lowest BCUT2D eigenvalue weighted by atomic mass is 10.0. The number of ether oxygens (including phenoxy) is 1. The van der Waals surface area contributed by atoms with Crippen molar-refractivity contribution in [2.45, 2.75) is 36.9 Å². The van der Waals surface area contributed by atoms with Gasteiger partial charge in [0.1, 0.15) is 5.78 Å². The molecule has 0 aromatic heterocycles. The molecule has 2 aliphatic heterocycles. The number of Topliss-reactive ketones (excluding diaryl/α,β-unsaturated/α-hetero) is 1. The summed E-state index contributed by atoms with van der Waals surface area (Å²) in [6.07, 6.45) is 4.34. The number of rotatable bonds is 5. The van der Waals surface area contributed by atoms with Gasteiger partial charge in [-0.2, -0.15) is 0 Å². The molecule has 0 aromatic rings. The first-order valence-corrected chi connectivity index (χ1v) is 8.71. The lowest BCUT2D eigenvalue weighted by molar-refractivity contribution is -0.119. The number of thioether (sulfide) groups is 1. The predicted molar refractivity (Wildman–Crippen MR) is 83.6 cm³/mol. The minimum Gasteiger partial charge on any atom is -0.381 e. The van der Waals surface area contributed by atoms with Crippen LogP contribution in [0.4, 0.5) is 0 Å². The van der Waals surface area contributed by atoms with Crippen molar-refractivity contribution in [1.82, 2.24) is 5.32 Å². The van der Waals surface area contributed by atoms with Crippen LogP contribution in [-0.2, 0) is 9.53 Å². The van der Waals surface area contributed by atoms with Gasteiger partial charge in [-0.1, -0.05) is 28.9 Å². The van der Waals surface area contributed by atoms with E-state index in [1.807, 2.05) is 0 Å². The summed E-state index contributed by atoms with van der Waals surface area (Å²) < 4.78 is 5.76. The van der Waals surface area contributed by atoms with Crippen LogP contribution in [0.3, 0.4) is 0 Å². The van der Waals surface area contributed by atoms with Gasteiger partial charge in [-0.25, -0.2) is 0 Å². The predicted octanol–water partition coefficient (Wildman–Crippen LogP) is 2.95. The topological polar surface area (TPSA) is 38.3 Å². The number of carbonyl (C=O) groups is 1. The second kappa shape index (κ2) is 7.25. The average molecular weight is 348 g/mol. The molecule has 1 fully saturated rings. The van der Waals surface area contributed by atoms with E-state index in [4.69, 9.17) is 4.74 Å². The number of allylic oxidation sites excluding steroid dienone is 1. The molecule has 0 saturated carbocycles. The molecular formula is C14H22BrNO2S. The summed E-state index contributed by atoms with van der Waals surface area (Å²) in [4.78, 5) is 13.1. The number of carbonyl (C=O) groups excluding carboxylic acids is 1. The number of nitrogens with one attached hydrogen (secondary N) is 1. The molecule has 2 rings (SSSR count). The number of hydrogen-bond donors (Lipinski definition) is 1. The van der Waals surface area contributed by atoms with Gasteiger partial charge in [0, 0.05) is 25.8 Å². The Hall–Kier alpha value is 0.160. The number of ketones is 1. The van der Waals surface area contributed by atoms with Crippen molar-refractivity contribution in [1.29, 1.82) is 0 Å². The molecule has 0 amide bonds. The summed E-state index contributed by atoms with van der Waals surface area (Å²) in [7, 11) is 0. The SMILES string of the molecule is CC(=O)[C@H](CNC1CCOCC1)C1=CC(C)C(Br)S1. The van der Waals surface area contributed by atoms with Crippen LogP contribution in [0, 0.1) is 11.8 Å². The highest BCUT2D eigenvalue weighted by Gasteiger charge is 2.30. The molecule has 0 spiro atoms. The Balaban J connectivity index is 1.89. The molecule has 19 heavy (non-hydrogen) atoms. The van der Waals surface area contributed by atoms with Crippen molar-refractivity contribution < 1.29 is 9.53 Å². The molecule has 3 atom stereocenters. The molecule has 0 aromatic carbocycles. The van der Waals surface area contributed by atoms with Gasteiger partial charge in [-0.3, -0.25) is 4.79 Å². The molecule has 0 radical (unpaired) electrons. The Labute approximate surface area is 128 Å². The molecule has 108 valence electrons. The molecule has 2 heterocycles. The maximum absolute atomic E-state index is 11.9. The fourth-order valence-corrected chi connectivity index (χ4v) is 4.50. The first-order chi connectivity index (χ1) is 9.08. The van der Waals surface area contributed by atoms with Gasteiger partial charge in [0.05, 0.1) is 10.1 Å². The van der Waals surface area contributed by atoms with Crippen molar-refractivity contribution >= 4 is 33.5 Å². The van der Waals surface area contributed by atoms with Crippen molar-refractivity contribution in [2.75, 3.05) is 19.8 Å². The monoisotopic (exact) mass is 347 g/mol. The van der Waals surface area contributed by atoms with E-state index in [2.05, 4.69) is 34.2 Å². The Morgan fingerprint density at radius 2 is 2.26 bits per heavy atom. The lowest BCUT2D eigenvalue weighted by Crippen LogP contribution is -2.39. The zero-order chi connectivity index (χ0) is 13.8. The zero-order valence-electron chi connectivity index (χ0n) is 11.5. The van der Waals surface area contributed by atoms with Crippen LogP contribution >= 0.6 is 27.7 Å². The van der Waals surface area contributed by atoms with Gasteiger partial charge in [0.25, 0.3) is 0 Å². The summed E-state index contributed by atoms with van der Waals surface area (Å²) in [5, 5.41) is 3.54. The van der Waals surface area contributed by atoms with E-state index in [-0.39, 0.29) is 11.7 Å². The first-order valence-electron chi connectivity index (χ1n) is 6.92. The van der Waals surface area contributed by atoms with Crippen LogP contribution < -0.4 is 5.32 Å². The van der Waals surface area contributed by atoms with Crippen LogP contribution in [0.25, 0.3) is 0 Å². The van der Waals surface area contributed by atoms with Crippen molar-refractivity contribution in [3.05, 3.63) is 11.0 Å². The standard InChI is InChI=1S/C14H22BrNO2S/c1-9-7-13(19-14(9)15)12(10(2)17)8-16-11-3-5-18-6-4-11/h7,9,11-12,14,16H,3-6,8H2,1-2H3/t9?,12-,14?/m0/s1. The van der Waals surface area contributed by atoms with Gasteiger partial charge < -0.3 is 10.1 Å². The lowest BCUT2D eigenvalue weighted by Gasteiger charge is -2.25. The van der Waals surface area contributed by atoms with Gasteiger partial charge in [0.2, 0.25) is 0 Å². The maximum Gasteiger partial charge on any atom is 0.139 e. The Morgan fingerprint density at radius 1 is 1.58 bits per heavy atom. The van der Waals surface area contributed by atoms with Crippen molar-refractivity contribution in [2.24, 2.45) is 11.8 Å². The molecule has 3 nitrogen and oxygen atoms in total. The minimum absolute atomic E-state index is 0.0119. The first kappa shape index (κ1) is 15.5. The van der Waals surface area contributed by atoms with Crippen molar-refractivity contribution in [3.63, 3.8) is 0 Å². The molecule has 0 bridgehead atoms. The summed E-state index contributed by atoms with van der Waals surface area (Å²) in [5.74, 6) is 0.759. The Morgan fingerprint density at radius 3 is 2.79 bits per heavy atom. The summed E-state index contributed by atoms with van der Waals surface area (Å²) in [6.45, 7) is 6.30. The van der Waals surface area contributed by atoms with E-state index in [0.717, 1.165) is 32.6 Å². The minimum atomic E-state index is 0.0119. The fourth-order valence-electron chi connectivity index (χ4n) is 2.44. The Kier molecular flexibility index (Phi) is 5.93. The second-order valence-electron chi connectivity index (χ2n) is 5.36. The highest BCUT2D eigenvalue weighted by molar-refractivity contribution is 9.11. The largest absolute Gasteiger partial charge is 0.381 e. The fraction of sp³-hybridized carbons (Fsp3) is 0.786. The third kappa shape index (κ3) is 4.31. The highest BCUT2D eigenvalue weighted by Crippen LogP contribution is 2.43. The quantitative estimate of drug-likeness (QED) is 0.776. The Bertz CT molecular complexity index is 355. The van der Waals surface area contributed by atoms with Gasteiger partial charge in [0.15, 0.2) is 0 Å². The average Bonchev–Trinajstić information content (AvgIpc) is 2.70. The smallest absolute Gasteiger partial charge is 0.139 e. The van der Waals surface area contributed by atoms with E-state index >= 15 is 0 Å². The summed E-state index contributed by atoms with van der Waals surface area (Å²) >= 11 is 5.44. The van der Waals surface area contributed by atoms with E-state index < -0.39 is 0 Å². The zero-order valence-corrected chi connectivity index (χ0v) is 13.9. The van der Waals surface area contributed by atoms with Crippen LogP contribution in [0.2, 0.25) is 0 Å². The number of hydrogen-bond acceptors (Lipinski definition) is 4. The van der Waals surface area contributed by atoms with Crippen LogP contribution in [-0.4, -0.2) is 35.7 Å². The maximum atomic E-state index is 11.9. The highest BCUT2D eigenvalue weighted by atomic mass is 79.9. The van der Waals surface area contributed by atoms with E-state index in [0.29, 0.717) is 16.1 Å². The number of alkyl halides is 1. The summed E-state index contributed by atoms with van der Waals surface area (Å²) in [6, 6.07) is 0.500. The molecular weight excluding hydrogens is 326 g/mol. The van der Waals surface area contributed by atoms with Gasteiger partial charge in [-0.05, 0) is 30.6 Å². The number of halogens is 1. The molecule has 1 N–H and O–H groups in total. The van der Waals surface area contributed by atoms with Crippen molar-refractivity contribution in [3.8, 4) is 0 Å². The van der Waals surface area contributed by atoms with E-state index in [1.165, 1.54) is 4.91 Å². The van der Waals surface area contributed by atoms with Gasteiger partial charge >= 0.3 is 0 Å². The molecule has 5 heteroatoms. The molecule has 2 aliphatic rings. The molecule has 0 aliphatic carbocycles. The molecule has 1 saturated heterocycles. The van der Waals surface area contributed by atoms with Crippen LogP contribution in [0.15, 0.2) is 11.0 Å². The van der Waals surface area contributed by atoms with Crippen LogP contribution in [0.5, 0.6) is 0 Å². The third-order valence-electron chi connectivity index (χ3n) is 3.76. The second-order valence-corrected chi connectivity index (χ2v) is 8.16. The van der Waals surface area contributed by atoms with Crippen LogP contribution in [0.1, 0.15) is 26.7 Å². The summed E-state index contributed by atoms with van der Waals surface area (Å²) in [5.41, 5.74) is 0. The molecule has 2 unspecified atom stereocenters. The van der Waals surface area contributed by atoms with E-state index in [1.54, 1.807) is 18.7 Å². The van der Waals surface area contributed by atoms with E-state index in [9.17, 15) is 4.79 Å². The third-order valence-corrected chi connectivity index (χ3v) is 6.50.